The Morgan fingerprint density at radius 1 is 1.38 bits per heavy atom. The summed E-state index contributed by atoms with van der Waals surface area (Å²) in [5.41, 5.74) is 0. The lowest BCUT2D eigenvalue weighted by Gasteiger charge is -2.20. The zero-order valence-corrected chi connectivity index (χ0v) is 11.1. The number of hydrogen-bond acceptors (Lipinski definition) is 2. The molecule has 94 valence electrons. The minimum absolute atomic E-state index is 0.208. The Hall–Kier alpha value is -0.570. The van der Waals surface area contributed by atoms with Gasteiger partial charge in [-0.05, 0) is 32.1 Å². The van der Waals surface area contributed by atoms with Crippen LogP contribution in [0, 0.1) is 5.92 Å². The average molecular weight is 226 g/mol. The summed E-state index contributed by atoms with van der Waals surface area (Å²) in [4.78, 5) is 13.1. The number of carbonyl (C=O) groups excluding carboxylic acids is 1. The van der Waals surface area contributed by atoms with E-state index in [2.05, 4.69) is 26.1 Å². The van der Waals surface area contributed by atoms with Crippen molar-refractivity contribution in [2.24, 2.45) is 5.92 Å². The molecule has 1 rings (SSSR count). The Morgan fingerprint density at radius 3 is 2.56 bits per heavy atom. The molecule has 0 aromatic rings. The smallest absolute Gasteiger partial charge is 0.219 e. The van der Waals surface area contributed by atoms with Crippen molar-refractivity contribution in [2.75, 3.05) is 13.1 Å². The molecule has 1 amide bonds. The summed E-state index contributed by atoms with van der Waals surface area (Å²) in [6, 6.07) is 1.07. The number of nitrogens with zero attached hydrogens (tertiary/aromatic N) is 1. The molecule has 2 atom stereocenters. The second-order valence-electron chi connectivity index (χ2n) is 5.49. The van der Waals surface area contributed by atoms with Crippen LogP contribution in [-0.2, 0) is 4.79 Å². The van der Waals surface area contributed by atoms with Crippen molar-refractivity contribution in [1.82, 2.24) is 10.2 Å². The molecule has 1 saturated heterocycles. The third kappa shape index (κ3) is 4.52. The van der Waals surface area contributed by atoms with Crippen LogP contribution in [-0.4, -0.2) is 36.0 Å². The summed E-state index contributed by atoms with van der Waals surface area (Å²) in [5, 5.41) is 3.63. The highest BCUT2D eigenvalue weighted by molar-refractivity contribution is 5.73. The zero-order chi connectivity index (χ0) is 12.1. The number of rotatable bonds is 5. The summed E-state index contributed by atoms with van der Waals surface area (Å²) in [6.07, 6.45) is 3.61. The SMILES string of the molecule is CC(=O)N1CCC(NC(C)CCC(C)C)C1. The van der Waals surface area contributed by atoms with E-state index in [1.807, 2.05) is 4.90 Å². The Kier molecular flexibility index (Phi) is 5.26. The van der Waals surface area contributed by atoms with Gasteiger partial charge in [0.1, 0.15) is 0 Å². The maximum Gasteiger partial charge on any atom is 0.219 e. The molecule has 0 radical (unpaired) electrons. The van der Waals surface area contributed by atoms with Crippen molar-refractivity contribution in [3.63, 3.8) is 0 Å². The molecule has 0 bridgehead atoms. The minimum Gasteiger partial charge on any atom is -0.341 e. The summed E-state index contributed by atoms with van der Waals surface area (Å²) in [6.45, 7) is 10.2. The Morgan fingerprint density at radius 2 is 2.06 bits per heavy atom. The first-order valence-corrected chi connectivity index (χ1v) is 6.50. The van der Waals surface area contributed by atoms with Gasteiger partial charge in [0, 0.05) is 32.1 Å². The van der Waals surface area contributed by atoms with Gasteiger partial charge in [0.25, 0.3) is 0 Å². The van der Waals surface area contributed by atoms with Crippen molar-refractivity contribution in [3.05, 3.63) is 0 Å². The first-order valence-electron chi connectivity index (χ1n) is 6.50. The fraction of sp³-hybridized carbons (Fsp3) is 0.923. The van der Waals surface area contributed by atoms with E-state index in [0.29, 0.717) is 12.1 Å². The van der Waals surface area contributed by atoms with E-state index < -0.39 is 0 Å². The lowest BCUT2D eigenvalue weighted by molar-refractivity contribution is -0.127. The fourth-order valence-electron chi connectivity index (χ4n) is 2.25. The Balaban J connectivity index is 2.20. The molecular formula is C13H26N2O. The summed E-state index contributed by atoms with van der Waals surface area (Å²) in [5.74, 6) is 0.987. The molecule has 16 heavy (non-hydrogen) atoms. The number of amides is 1. The zero-order valence-electron chi connectivity index (χ0n) is 11.1. The van der Waals surface area contributed by atoms with E-state index in [4.69, 9.17) is 0 Å². The summed E-state index contributed by atoms with van der Waals surface area (Å²) in [7, 11) is 0. The fourth-order valence-corrected chi connectivity index (χ4v) is 2.25. The van der Waals surface area contributed by atoms with Gasteiger partial charge in [-0.2, -0.15) is 0 Å². The molecule has 1 heterocycles. The third-order valence-electron chi connectivity index (χ3n) is 3.33. The van der Waals surface area contributed by atoms with Crippen molar-refractivity contribution < 1.29 is 4.79 Å². The second-order valence-corrected chi connectivity index (χ2v) is 5.49. The van der Waals surface area contributed by atoms with Crippen LogP contribution in [0.2, 0.25) is 0 Å². The van der Waals surface area contributed by atoms with Gasteiger partial charge in [-0.1, -0.05) is 13.8 Å². The van der Waals surface area contributed by atoms with Crippen LogP contribution in [0.3, 0.4) is 0 Å². The van der Waals surface area contributed by atoms with E-state index in [-0.39, 0.29) is 5.91 Å². The molecule has 1 aliphatic heterocycles. The van der Waals surface area contributed by atoms with Crippen LogP contribution in [0.25, 0.3) is 0 Å². The largest absolute Gasteiger partial charge is 0.341 e. The lowest BCUT2D eigenvalue weighted by Crippen LogP contribution is -2.39. The van der Waals surface area contributed by atoms with E-state index >= 15 is 0 Å². The van der Waals surface area contributed by atoms with Crippen LogP contribution in [0.4, 0.5) is 0 Å². The quantitative estimate of drug-likeness (QED) is 0.778. The highest BCUT2D eigenvalue weighted by Gasteiger charge is 2.24. The van der Waals surface area contributed by atoms with Crippen molar-refractivity contribution >= 4 is 5.91 Å². The maximum atomic E-state index is 11.2. The van der Waals surface area contributed by atoms with E-state index in [0.717, 1.165) is 25.4 Å². The molecule has 0 aromatic carbocycles. The van der Waals surface area contributed by atoms with Crippen molar-refractivity contribution in [3.8, 4) is 0 Å². The van der Waals surface area contributed by atoms with Gasteiger partial charge < -0.3 is 10.2 Å². The summed E-state index contributed by atoms with van der Waals surface area (Å²) < 4.78 is 0. The van der Waals surface area contributed by atoms with Gasteiger partial charge in [0.05, 0.1) is 0 Å². The van der Waals surface area contributed by atoms with Gasteiger partial charge >= 0.3 is 0 Å². The number of hydrogen-bond donors (Lipinski definition) is 1. The van der Waals surface area contributed by atoms with Gasteiger partial charge in [-0.15, -0.1) is 0 Å². The maximum absolute atomic E-state index is 11.2. The number of likely N-dealkylation sites (tertiary alicyclic amines) is 1. The predicted octanol–water partition coefficient (Wildman–Crippen LogP) is 2.02. The third-order valence-corrected chi connectivity index (χ3v) is 3.33. The topological polar surface area (TPSA) is 32.3 Å². The first-order chi connectivity index (χ1) is 7.49. The predicted molar refractivity (Wildman–Crippen MR) is 67.3 cm³/mol. The molecule has 0 saturated carbocycles. The van der Waals surface area contributed by atoms with Gasteiger partial charge in [0.15, 0.2) is 0 Å². The van der Waals surface area contributed by atoms with Crippen molar-refractivity contribution in [2.45, 2.75) is 59.0 Å². The van der Waals surface area contributed by atoms with Gasteiger partial charge in [0.2, 0.25) is 5.91 Å². The molecule has 0 aliphatic carbocycles. The van der Waals surface area contributed by atoms with Crippen LogP contribution in [0.15, 0.2) is 0 Å². The van der Waals surface area contributed by atoms with Crippen LogP contribution < -0.4 is 5.32 Å². The number of nitrogens with one attached hydrogen (secondary N) is 1. The molecule has 3 nitrogen and oxygen atoms in total. The van der Waals surface area contributed by atoms with Gasteiger partial charge in [-0.3, -0.25) is 4.79 Å². The molecule has 1 fully saturated rings. The van der Waals surface area contributed by atoms with E-state index in [1.165, 1.54) is 12.8 Å². The van der Waals surface area contributed by atoms with E-state index in [1.54, 1.807) is 6.92 Å². The van der Waals surface area contributed by atoms with E-state index in [9.17, 15) is 4.79 Å². The van der Waals surface area contributed by atoms with Crippen LogP contribution >= 0.6 is 0 Å². The first kappa shape index (κ1) is 13.5. The molecule has 0 spiro atoms. The average Bonchev–Trinajstić information content (AvgIpc) is 2.63. The molecule has 2 unspecified atom stereocenters. The molecule has 1 N–H and O–H groups in total. The lowest BCUT2D eigenvalue weighted by atomic mass is 10.0. The Labute approximate surface area is 99.6 Å². The van der Waals surface area contributed by atoms with Crippen LogP contribution in [0.5, 0.6) is 0 Å². The molecule has 0 aromatic heterocycles. The molecular weight excluding hydrogens is 200 g/mol. The molecule has 3 heteroatoms. The second kappa shape index (κ2) is 6.24. The van der Waals surface area contributed by atoms with Crippen LogP contribution in [0.1, 0.15) is 47.0 Å². The minimum atomic E-state index is 0.208. The number of carbonyl (C=O) groups is 1. The normalized spacial score (nSPS) is 22.8. The Bertz CT molecular complexity index is 228. The summed E-state index contributed by atoms with van der Waals surface area (Å²) >= 11 is 0. The highest BCUT2D eigenvalue weighted by atomic mass is 16.2. The van der Waals surface area contributed by atoms with Gasteiger partial charge in [-0.25, -0.2) is 0 Å². The van der Waals surface area contributed by atoms with Crippen molar-refractivity contribution in [1.29, 1.82) is 0 Å². The standard InChI is InChI=1S/C13H26N2O/c1-10(2)5-6-11(3)14-13-7-8-15(9-13)12(4)16/h10-11,13-14H,5-9H2,1-4H3. The monoisotopic (exact) mass is 226 g/mol. The highest BCUT2D eigenvalue weighted by Crippen LogP contribution is 2.12. The molecule has 1 aliphatic rings.